The zero-order valence-electron chi connectivity index (χ0n) is 25.8. The molecule has 4 amide bonds. The van der Waals surface area contributed by atoms with Crippen LogP contribution < -0.4 is 61.5 Å². The minimum Gasteiger partial charge on any atom is -0.543 e. The predicted molar refractivity (Wildman–Crippen MR) is 165 cm³/mol. The summed E-state index contributed by atoms with van der Waals surface area (Å²) in [4.78, 5) is 73.8. The quantitative estimate of drug-likeness (QED) is 0.0481. The van der Waals surface area contributed by atoms with Gasteiger partial charge in [-0.25, -0.2) is 14.5 Å². The topological polar surface area (TPSA) is 267 Å². The normalized spacial score (nSPS) is 17.5. The van der Waals surface area contributed by atoms with Crippen molar-refractivity contribution in [2.75, 3.05) is 42.0 Å². The zero-order valence-corrected chi connectivity index (χ0v) is 29.4. The number of tetrazole rings is 1. The van der Waals surface area contributed by atoms with Gasteiger partial charge in [-0.1, -0.05) is 23.9 Å². The number of H-pyrrole nitrogens is 1. The van der Waals surface area contributed by atoms with Gasteiger partial charge in [0, 0.05) is 32.2 Å². The summed E-state index contributed by atoms with van der Waals surface area (Å²) in [6.45, 7) is 0.635. The molecule has 2 aliphatic heterocycles. The van der Waals surface area contributed by atoms with Crippen LogP contribution in [0.1, 0.15) is 11.6 Å². The van der Waals surface area contributed by atoms with E-state index in [1.165, 1.54) is 59.6 Å². The van der Waals surface area contributed by atoms with E-state index in [4.69, 9.17) is 10.5 Å². The number of phenolic OH excluding ortho intramolecular Hbond substituents is 1. The molecule has 19 nitrogen and oxygen atoms in total. The second-order valence-corrected chi connectivity index (χ2v) is 12.1. The van der Waals surface area contributed by atoms with Crippen LogP contribution in [0.3, 0.4) is 0 Å². The Labute approximate surface area is 302 Å². The number of urea groups is 1. The van der Waals surface area contributed by atoms with Crippen molar-refractivity contribution in [1.29, 1.82) is 0 Å². The Morgan fingerprint density at radius 1 is 1.29 bits per heavy atom. The molecule has 6 N–H and O–H groups in total. The molecule has 0 saturated carbocycles. The second-order valence-electron chi connectivity index (χ2n) is 10.1. The van der Waals surface area contributed by atoms with Crippen LogP contribution in [0.5, 0.6) is 5.75 Å². The number of benzene rings is 1. The summed E-state index contributed by atoms with van der Waals surface area (Å²) in [7, 11) is 3.13. The second kappa shape index (κ2) is 15.8. The first-order chi connectivity index (χ1) is 22.5. The van der Waals surface area contributed by atoms with Crippen molar-refractivity contribution in [2.24, 2.45) is 12.8 Å². The van der Waals surface area contributed by atoms with Gasteiger partial charge in [0.1, 0.15) is 28.9 Å². The van der Waals surface area contributed by atoms with Crippen molar-refractivity contribution in [2.45, 2.75) is 22.6 Å². The molecule has 248 valence electrons. The monoisotopic (exact) mass is 709 g/mol. The average Bonchev–Trinajstić information content (AvgIpc) is 3.46. The number of aliphatic carboxylic acids is 1. The fraction of sp³-hybridized carbons (Fsp3) is 0.346. The molecule has 2 aliphatic rings. The number of aryl methyl sites for hydroxylation is 1. The van der Waals surface area contributed by atoms with Gasteiger partial charge in [-0.15, -0.1) is 16.9 Å². The van der Waals surface area contributed by atoms with Crippen LogP contribution in [0.25, 0.3) is 0 Å². The number of aromatic hydroxyl groups is 1. The van der Waals surface area contributed by atoms with E-state index >= 15 is 0 Å². The number of rotatable bonds is 13. The SMILES string of the molecule is COCCNc1ncc(N(C(N)=O)C(C(=O)NC2C(=O)N3C(C(=O)[O-])=C(CSc4nnnn4C)CS[C@@H]23)c2ccc(O)cc2)c(=O)[nH]1.[Na+]. The molecular weight excluding hydrogens is 681 g/mol. The maximum atomic E-state index is 13.9. The number of primary amides is 1. The Morgan fingerprint density at radius 3 is 2.62 bits per heavy atom. The van der Waals surface area contributed by atoms with E-state index in [1.807, 2.05) is 0 Å². The number of carboxylic acid groups (broad SMARTS) is 1. The van der Waals surface area contributed by atoms with Crippen LogP contribution in [0.2, 0.25) is 0 Å². The molecule has 0 spiro atoms. The molecule has 4 heterocycles. The number of nitrogens with one attached hydrogen (secondary N) is 3. The third-order valence-electron chi connectivity index (χ3n) is 7.09. The molecule has 0 bridgehead atoms. The summed E-state index contributed by atoms with van der Waals surface area (Å²) in [6, 6.07) is 1.22. The smallest absolute Gasteiger partial charge is 0.543 e. The van der Waals surface area contributed by atoms with Crippen LogP contribution in [0, 0.1) is 0 Å². The van der Waals surface area contributed by atoms with E-state index in [9.17, 15) is 34.2 Å². The number of amides is 4. The third-order valence-corrected chi connectivity index (χ3v) is 9.52. The van der Waals surface area contributed by atoms with Crippen molar-refractivity contribution in [3.05, 3.63) is 57.6 Å². The Kier molecular flexibility index (Phi) is 12.1. The van der Waals surface area contributed by atoms with E-state index in [0.29, 0.717) is 28.8 Å². The summed E-state index contributed by atoms with van der Waals surface area (Å²) >= 11 is 2.40. The summed E-state index contributed by atoms with van der Waals surface area (Å²) in [5.74, 6) is -2.90. The average molecular weight is 710 g/mol. The number of methoxy groups -OCH3 is 1. The van der Waals surface area contributed by atoms with E-state index in [1.54, 1.807) is 7.05 Å². The number of carbonyl (C=O) groups excluding carboxylic acids is 4. The molecule has 0 aliphatic carbocycles. The van der Waals surface area contributed by atoms with Gasteiger partial charge in [0.15, 0.2) is 0 Å². The molecule has 1 aromatic carbocycles. The van der Waals surface area contributed by atoms with Crippen LogP contribution in [-0.4, -0.2) is 107 Å². The fourth-order valence-electron chi connectivity index (χ4n) is 4.89. The van der Waals surface area contributed by atoms with E-state index in [-0.39, 0.29) is 69.7 Å². The molecule has 0 radical (unpaired) electrons. The maximum Gasteiger partial charge on any atom is 1.00 e. The molecule has 1 fully saturated rings. The van der Waals surface area contributed by atoms with Gasteiger partial charge in [0.05, 0.1) is 24.5 Å². The number of nitrogens with two attached hydrogens (primary N) is 1. The number of anilines is 2. The molecule has 22 heteroatoms. The molecule has 3 aromatic rings. The molecule has 2 aromatic heterocycles. The van der Waals surface area contributed by atoms with Gasteiger partial charge in [-0.05, 0) is 33.7 Å². The molecule has 1 saturated heterocycles. The van der Waals surface area contributed by atoms with Gasteiger partial charge in [-0.2, -0.15) is 0 Å². The number of aromatic amines is 1. The van der Waals surface area contributed by atoms with Gasteiger partial charge in [0.2, 0.25) is 17.0 Å². The van der Waals surface area contributed by atoms with Crippen molar-refractivity contribution in [1.82, 2.24) is 40.4 Å². The van der Waals surface area contributed by atoms with Gasteiger partial charge in [0.25, 0.3) is 11.5 Å². The van der Waals surface area contributed by atoms with E-state index in [2.05, 4.69) is 36.1 Å². The van der Waals surface area contributed by atoms with Crippen LogP contribution in [-0.2, 0) is 26.2 Å². The zero-order chi connectivity index (χ0) is 33.8. The number of aromatic nitrogens is 6. The first-order valence-corrected chi connectivity index (χ1v) is 15.8. The molecule has 48 heavy (non-hydrogen) atoms. The number of nitrogens with zero attached hydrogens (tertiary/aromatic N) is 7. The van der Waals surface area contributed by atoms with Gasteiger partial charge < -0.3 is 36.1 Å². The minimum atomic E-state index is -1.61. The van der Waals surface area contributed by atoms with Crippen molar-refractivity contribution in [3.63, 3.8) is 0 Å². The summed E-state index contributed by atoms with van der Waals surface area (Å²) in [5, 5.41) is 38.2. The number of carbonyl (C=O) groups is 4. The minimum absolute atomic E-state index is 0. The van der Waals surface area contributed by atoms with E-state index < -0.39 is 46.8 Å². The fourth-order valence-corrected chi connectivity index (χ4v) is 7.23. The van der Waals surface area contributed by atoms with Gasteiger partial charge in [-0.3, -0.25) is 29.2 Å². The molecule has 5 rings (SSSR count). The first kappa shape index (κ1) is 36.7. The van der Waals surface area contributed by atoms with Crippen LogP contribution in [0.4, 0.5) is 16.4 Å². The van der Waals surface area contributed by atoms with Crippen LogP contribution in [0.15, 0.2) is 51.7 Å². The standard InChI is InChI=1S/C26H29N11O8S2.Na/c1-35-26(32-33-34-35)47-11-13-10-46-22-16(21(41)37(22)18(13)23(42)43)30-20(40)17(12-3-5-14(38)6-4-12)36(24(27)44)15-9-29-25(31-19(15)39)28-7-8-45-2;/h3-6,9,16-17,22,38H,7-8,10-11H2,1-2H3,(H2,27,44)(H,30,40)(H,42,43)(H2,28,29,31,39);/q;+1/p-1/t16?,17?,22-;/m0./s1. The largest absolute Gasteiger partial charge is 1.00 e. The summed E-state index contributed by atoms with van der Waals surface area (Å²) in [6.07, 6.45) is 1.06. The first-order valence-electron chi connectivity index (χ1n) is 13.7. The maximum absolute atomic E-state index is 13.9. The number of phenols is 1. The van der Waals surface area contributed by atoms with Crippen molar-refractivity contribution >= 4 is 59.0 Å². The Hall–Kier alpha value is -4.15. The number of carboxylic acids is 1. The van der Waals surface area contributed by atoms with Crippen LogP contribution >= 0.6 is 23.5 Å². The Balaban J connectivity index is 0.00000520. The summed E-state index contributed by atoms with van der Waals surface area (Å²) in [5.41, 5.74) is 4.75. The molecule has 2 unspecified atom stereocenters. The number of thioether (sulfide) groups is 2. The number of β-lactam (4-membered cyclic amide) rings is 1. The third kappa shape index (κ3) is 7.60. The number of ether oxygens (including phenoxy) is 1. The molecular formula is C26H28N11NaO8S2. The number of hydrogen-bond donors (Lipinski definition) is 5. The van der Waals surface area contributed by atoms with E-state index in [0.717, 1.165) is 11.1 Å². The number of fused-ring (bicyclic) bond motifs is 1. The van der Waals surface area contributed by atoms with Gasteiger partial charge >= 0.3 is 35.6 Å². The van der Waals surface area contributed by atoms with Crippen molar-refractivity contribution < 1.29 is 63.7 Å². The number of hydrogen-bond acceptors (Lipinski definition) is 15. The Morgan fingerprint density at radius 2 is 2.02 bits per heavy atom. The Bertz CT molecular complexity index is 1790. The summed E-state index contributed by atoms with van der Waals surface area (Å²) < 4.78 is 6.37. The van der Waals surface area contributed by atoms with Crippen molar-refractivity contribution in [3.8, 4) is 5.75 Å². The predicted octanol–water partition coefficient (Wildman–Crippen LogP) is -5.12. The molecule has 3 atom stereocenters.